The summed E-state index contributed by atoms with van der Waals surface area (Å²) in [7, 11) is 0. The van der Waals surface area contributed by atoms with E-state index in [9.17, 15) is 14.4 Å². The summed E-state index contributed by atoms with van der Waals surface area (Å²) in [5, 5.41) is 1.01. The summed E-state index contributed by atoms with van der Waals surface area (Å²) >= 11 is 3.52. The lowest BCUT2D eigenvalue weighted by Crippen LogP contribution is -2.48. The number of fused-ring (bicyclic) bond motifs is 1. The molecule has 2 aromatic carbocycles. The minimum absolute atomic E-state index is 0.00845. The third-order valence-corrected chi connectivity index (χ3v) is 6.34. The average Bonchev–Trinajstić information content (AvgIpc) is 3.04. The summed E-state index contributed by atoms with van der Waals surface area (Å²) in [4.78, 5) is 43.6. The Morgan fingerprint density at radius 2 is 1.90 bits per heavy atom. The van der Waals surface area contributed by atoms with Crippen LogP contribution in [0.15, 0.2) is 65.7 Å². The van der Waals surface area contributed by atoms with Crippen molar-refractivity contribution in [1.29, 1.82) is 0 Å². The monoisotopic (exact) mass is 532 g/mol. The number of halogens is 1. The lowest BCUT2D eigenvalue weighted by atomic mass is 10.2. The number of thioether (sulfide) groups is 1. The van der Waals surface area contributed by atoms with Gasteiger partial charge < -0.3 is 0 Å². The molecule has 152 valence electrons. The third kappa shape index (κ3) is 4.47. The van der Waals surface area contributed by atoms with Crippen LogP contribution in [0.2, 0.25) is 0 Å². The predicted octanol–water partition coefficient (Wildman–Crippen LogP) is 2.88. The summed E-state index contributed by atoms with van der Waals surface area (Å²) in [6.07, 6.45) is 1.71. The summed E-state index contributed by atoms with van der Waals surface area (Å²) in [5.41, 5.74) is 6.62. The standard InChI is InChI=1S/C21H17IN4O3S/c22-14-6-8-15(9-7-14)26-19(28)11-16(21(26)29)24-25-18(27)12-30-17-5-1-3-13-4-2-10-23-20(13)17/h1-10,16,24H,11-12H2,(H,25,27)/t16-/m0/s1. The van der Waals surface area contributed by atoms with Gasteiger partial charge in [-0.15, -0.1) is 11.8 Å². The molecule has 0 radical (unpaired) electrons. The van der Waals surface area contributed by atoms with E-state index >= 15 is 0 Å². The topological polar surface area (TPSA) is 91.4 Å². The molecule has 0 bridgehead atoms. The van der Waals surface area contributed by atoms with Gasteiger partial charge in [0.1, 0.15) is 6.04 Å². The Kier molecular flexibility index (Phi) is 6.30. The zero-order valence-electron chi connectivity index (χ0n) is 15.7. The molecular weight excluding hydrogens is 515 g/mol. The van der Waals surface area contributed by atoms with Gasteiger partial charge in [0.25, 0.3) is 5.91 Å². The van der Waals surface area contributed by atoms with Crippen LogP contribution >= 0.6 is 34.4 Å². The molecule has 7 nitrogen and oxygen atoms in total. The van der Waals surface area contributed by atoms with Crippen LogP contribution in [0.4, 0.5) is 5.69 Å². The highest BCUT2D eigenvalue weighted by atomic mass is 127. The van der Waals surface area contributed by atoms with Crippen molar-refractivity contribution in [3.8, 4) is 0 Å². The molecule has 1 aliphatic heterocycles. The van der Waals surface area contributed by atoms with E-state index in [0.717, 1.165) is 24.3 Å². The SMILES string of the molecule is O=C(CSc1cccc2cccnc12)NN[C@H]1CC(=O)N(c2ccc(I)cc2)C1=O. The Balaban J connectivity index is 1.33. The first-order chi connectivity index (χ1) is 14.5. The minimum atomic E-state index is -0.787. The Bertz CT molecular complexity index is 1120. The van der Waals surface area contributed by atoms with Crippen molar-refractivity contribution in [2.24, 2.45) is 0 Å². The fraction of sp³-hybridized carbons (Fsp3) is 0.143. The Hall–Kier alpha value is -2.50. The molecule has 1 atom stereocenters. The molecule has 1 saturated heterocycles. The normalized spacial score (nSPS) is 16.3. The van der Waals surface area contributed by atoms with Gasteiger partial charge in [-0.2, -0.15) is 0 Å². The number of rotatable bonds is 6. The smallest absolute Gasteiger partial charge is 0.253 e. The van der Waals surface area contributed by atoms with Gasteiger partial charge in [0.05, 0.1) is 23.4 Å². The van der Waals surface area contributed by atoms with Crippen LogP contribution < -0.4 is 15.8 Å². The van der Waals surface area contributed by atoms with Crippen LogP contribution in [0.1, 0.15) is 6.42 Å². The number of aromatic nitrogens is 1. The van der Waals surface area contributed by atoms with Crippen LogP contribution in [0.5, 0.6) is 0 Å². The van der Waals surface area contributed by atoms with E-state index in [4.69, 9.17) is 0 Å². The van der Waals surface area contributed by atoms with Gasteiger partial charge in [-0.05, 0) is 59.0 Å². The minimum Gasteiger partial charge on any atom is -0.290 e. The van der Waals surface area contributed by atoms with E-state index in [1.54, 1.807) is 18.3 Å². The summed E-state index contributed by atoms with van der Waals surface area (Å²) < 4.78 is 1.01. The number of pyridine rings is 1. The van der Waals surface area contributed by atoms with Crippen molar-refractivity contribution in [3.63, 3.8) is 0 Å². The van der Waals surface area contributed by atoms with Gasteiger partial charge in [-0.3, -0.25) is 24.8 Å². The Labute approximate surface area is 190 Å². The van der Waals surface area contributed by atoms with Gasteiger partial charge in [0.15, 0.2) is 0 Å². The fourth-order valence-electron chi connectivity index (χ4n) is 3.15. The summed E-state index contributed by atoms with van der Waals surface area (Å²) in [6.45, 7) is 0. The van der Waals surface area contributed by atoms with Crippen molar-refractivity contribution in [2.75, 3.05) is 10.7 Å². The van der Waals surface area contributed by atoms with Crippen LogP contribution in [0.3, 0.4) is 0 Å². The number of hydrogen-bond acceptors (Lipinski definition) is 6. The predicted molar refractivity (Wildman–Crippen MR) is 124 cm³/mol. The molecule has 9 heteroatoms. The molecule has 0 aliphatic carbocycles. The highest BCUT2D eigenvalue weighted by molar-refractivity contribution is 14.1. The van der Waals surface area contributed by atoms with E-state index in [1.807, 2.05) is 42.5 Å². The maximum absolute atomic E-state index is 12.6. The van der Waals surface area contributed by atoms with E-state index < -0.39 is 6.04 Å². The Morgan fingerprint density at radius 3 is 2.70 bits per heavy atom. The van der Waals surface area contributed by atoms with Crippen LogP contribution in [-0.4, -0.2) is 34.5 Å². The largest absolute Gasteiger partial charge is 0.290 e. The first-order valence-corrected chi connectivity index (χ1v) is 11.2. The van der Waals surface area contributed by atoms with E-state index in [2.05, 4.69) is 38.4 Å². The lowest BCUT2D eigenvalue weighted by Gasteiger charge is -2.16. The molecular formula is C21H17IN4O3S. The molecule has 0 spiro atoms. The van der Waals surface area contributed by atoms with E-state index in [0.29, 0.717) is 5.69 Å². The molecule has 2 heterocycles. The fourth-order valence-corrected chi connectivity index (χ4v) is 4.35. The maximum atomic E-state index is 12.6. The van der Waals surface area contributed by atoms with Crippen molar-refractivity contribution in [2.45, 2.75) is 17.4 Å². The molecule has 1 aliphatic rings. The van der Waals surface area contributed by atoms with Crippen LogP contribution in [0.25, 0.3) is 10.9 Å². The Morgan fingerprint density at radius 1 is 1.13 bits per heavy atom. The lowest BCUT2D eigenvalue weighted by molar-refractivity contribution is -0.122. The highest BCUT2D eigenvalue weighted by Crippen LogP contribution is 2.26. The maximum Gasteiger partial charge on any atom is 0.253 e. The van der Waals surface area contributed by atoms with Crippen LogP contribution in [-0.2, 0) is 14.4 Å². The molecule has 0 saturated carbocycles. The number of anilines is 1. The molecule has 2 N–H and O–H groups in total. The van der Waals surface area contributed by atoms with Crippen molar-refractivity contribution in [3.05, 3.63) is 64.4 Å². The number of imide groups is 1. The number of amides is 3. The first-order valence-electron chi connectivity index (χ1n) is 9.16. The number of carbonyl (C=O) groups is 3. The second-order valence-corrected chi connectivity index (χ2v) is 8.88. The number of nitrogens with zero attached hydrogens (tertiary/aromatic N) is 2. The van der Waals surface area contributed by atoms with Gasteiger partial charge in [0.2, 0.25) is 11.8 Å². The number of benzene rings is 2. The zero-order chi connectivity index (χ0) is 21.1. The highest BCUT2D eigenvalue weighted by Gasteiger charge is 2.39. The van der Waals surface area contributed by atoms with E-state index in [1.165, 1.54) is 11.8 Å². The van der Waals surface area contributed by atoms with Gasteiger partial charge in [0, 0.05) is 20.0 Å². The van der Waals surface area contributed by atoms with Crippen LogP contribution in [0, 0.1) is 3.57 Å². The first kappa shape index (κ1) is 20.8. The van der Waals surface area contributed by atoms with Crippen molar-refractivity contribution in [1.82, 2.24) is 15.8 Å². The quantitative estimate of drug-likeness (QED) is 0.220. The zero-order valence-corrected chi connectivity index (χ0v) is 18.6. The summed E-state index contributed by atoms with van der Waals surface area (Å²) in [6, 6.07) is 16.0. The average molecular weight is 532 g/mol. The number of nitrogens with one attached hydrogen (secondary N) is 2. The van der Waals surface area contributed by atoms with Crippen molar-refractivity contribution < 1.29 is 14.4 Å². The number of hydrazine groups is 1. The second-order valence-electron chi connectivity index (χ2n) is 6.61. The third-order valence-electron chi connectivity index (χ3n) is 4.57. The number of para-hydroxylation sites is 1. The molecule has 0 unspecified atom stereocenters. The van der Waals surface area contributed by atoms with Gasteiger partial charge >= 0.3 is 0 Å². The number of hydrogen-bond donors (Lipinski definition) is 2. The molecule has 1 fully saturated rings. The summed E-state index contributed by atoms with van der Waals surface area (Å²) in [5.74, 6) is -0.823. The molecule has 3 aromatic rings. The van der Waals surface area contributed by atoms with Gasteiger partial charge in [-0.1, -0.05) is 18.2 Å². The van der Waals surface area contributed by atoms with E-state index in [-0.39, 0.29) is 29.9 Å². The van der Waals surface area contributed by atoms with Gasteiger partial charge in [-0.25, -0.2) is 10.3 Å². The molecule has 4 rings (SSSR count). The molecule has 3 amide bonds. The number of carbonyl (C=O) groups excluding carboxylic acids is 3. The molecule has 30 heavy (non-hydrogen) atoms. The molecule has 1 aromatic heterocycles. The van der Waals surface area contributed by atoms with Crippen molar-refractivity contribution >= 4 is 68.7 Å². The second kappa shape index (κ2) is 9.11.